The minimum absolute atomic E-state index is 0.587. The largest absolute Gasteiger partial charge is 0.376 e. The van der Waals surface area contributed by atoms with Gasteiger partial charge in [0.05, 0.1) is 13.2 Å². The molecule has 0 heterocycles. The Labute approximate surface area is 88.2 Å². The third kappa shape index (κ3) is 4.44. The lowest BCUT2D eigenvalue weighted by atomic mass is 10.2. The molecule has 0 N–H and O–H groups in total. The van der Waals surface area contributed by atoms with E-state index in [0.29, 0.717) is 5.92 Å². The zero-order chi connectivity index (χ0) is 9.52. The molecule has 1 aromatic carbocycles. The summed E-state index contributed by atoms with van der Waals surface area (Å²) in [5, 5.41) is 1.00. The molecule has 0 aliphatic carbocycles. The molecule has 0 aromatic heterocycles. The van der Waals surface area contributed by atoms with Crippen molar-refractivity contribution in [2.75, 3.05) is 11.9 Å². The highest BCUT2D eigenvalue weighted by atomic mass is 79.9. The number of halogens is 1. The second-order valence-electron chi connectivity index (χ2n) is 3.26. The van der Waals surface area contributed by atoms with Gasteiger partial charge in [-0.1, -0.05) is 53.2 Å². The zero-order valence-corrected chi connectivity index (χ0v) is 9.46. The summed E-state index contributed by atoms with van der Waals surface area (Å²) in [7, 11) is 0. The summed E-state index contributed by atoms with van der Waals surface area (Å²) >= 11 is 3.42. The number of rotatable bonds is 5. The number of ether oxygens (including phenoxy) is 1. The maximum absolute atomic E-state index is 5.54. The van der Waals surface area contributed by atoms with Crippen LogP contribution >= 0.6 is 15.9 Å². The van der Waals surface area contributed by atoms with Gasteiger partial charge in [0, 0.05) is 5.33 Å². The monoisotopic (exact) mass is 242 g/mol. The fourth-order valence-corrected chi connectivity index (χ4v) is 1.18. The SMILES string of the molecule is CC(CBr)COCc1ccccc1. The molecule has 0 saturated heterocycles. The van der Waals surface area contributed by atoms with E-state index < -0.39 is 0 Å². The van der Waals surface area contributed by atoms with Gasteiger partial charge in [0.15, 0.2) is 0 Å². The summed E-state index contributed by atoms with van der Waals surface area (Å²) < 4.78 is 5.54. The fraction of sp³-hybridized carbons (Fsp3) is 0.455. The summed E-state index contributed by atoms with van der Waals surface area (Å²) in [5.41, 5.74) is 1.24. The van der Waals surface area contributed by atoms with Gasteiger partial charge < -0.3 is 4.74 Å². The van der Waals surface area contributed by atoms with Gasteiger partial charge in [-0.25, -0.2) is 0 Å². The van der Waals surface area contributed by atoms with E-state index in [1.807, 2.05) is 18.2 Å². The second kappa shape index (κ2) is 6.17. The van der Waals surface area contributed by atoms with E-state index in [0.717, 1.165) is 18.5 Å². The third-order valence-corrected chi connectivity index (χ3v) is 2.88. The minimum Gasteiger partial charge on any atom is -0.376 e. The van der Waals surface area contributed by atoms with Crippen molar-refractivity contribution in [2.24, 2.45) is 5.92 Å². The average Bonchev–Trinajstić information content (AvgIpc) is 2.19. The van der Waals surface area contributed by atoms with E-state index in [4.69, 9.17) is 4.74 Å². The summed E-state index contributed by atoms with van der Waals surface area (Å²) in [4.78, 5) is 0. The Kier molecular flexibility index (Phi) is 5.09. The van der Waals surface area contributed by atoms with Crippen LogP contribution in [0.1, 0.15) is 12.5 Å². The van der Waals surface area contributed by atoms with Gasteiger partial charge in [0.2, 0.25) is 0 Å². The molecule has 0 spiro atoms. The van der Waals surface area contributed by atoms with Gasteiger partial charge in [0.25, 0.3) is 0 Å². The highest BCUT2D eigenvalue weighted by Gasteiger charge is 1.99. The number of hydrogen-bond acceptors (Lipinski definition) is 1. The van der Waals surface area contributed by atoms with Gasteiger partial charge in [-0.15, -0.1) is 0 Å². The van der Waals surface area contributed by atoms with Gasteiger partial charge in [-0.3, -0.25) is 0 Å². The van der Waals surface area contributed by atoms with Crippen molar-refractivity contribution in [3.05, 3.63) is 35.9 Å². The van der Waals surface area contributed by atoms with Crippen LogP contribution in [0, 0.1) is 5.92 Å². The van der Waals surface area contributed by atoms with E-state index in [9.17, 15) is 0 Å². The molecule has 1 nitrogen and oxygen atoms in total. The first-order valence-electron chi connectivity index (χ1n) is 4.50. The standard InChI is InChI=1S/C11H15BrO/c1-10(7-12)8-13-9-11-5-3-2-4-6-11/h2-6,10H,7-9H2,1H3. The highest BCUT2D eigenvalue weighted by Crippen LogP contribution is 2.04. The van der Waals surface area contributed by atoms with Gasteiger partial charge in [-0.05, 0) is 11.5 Å². The number of benzene rings is 1. The van der Waals surface area contributed by atoms with Crippen LogP contribution < -0.4 is 0 Å². The molecule has 2 heteroatoms. The van der Waals surface area contributed by atoms with Crippen molar-refractivity contribution in [1.82, 2.24) is 0 Å². The van der Waals surface area contributed by atoms with Crippen molar-refractivity contribution in [3.63, 3.8) is 0 Å². The van der Waals surface area contributed by atoms with Crippen LogP contribution in [0.4, 0.5) is 0 Å². The maximum Gasteiger partial charge on any atom is 0.0717 e. The van der Waals surface area contributed by atoms with Crippen molar-refractivity contribution >= 4 is 15.9 Å². The number of hydrogen-bond donors (Lipinski definition) is 0. The van der Waals surface area contributed by atoms with Crippen LogP contribution in [-0.2, 0) is 11.3 Å². The predicted molar refractivity (Wildman–Crippen MR) is 59.1 cm³/mol. The smallest absolute Gasteiger partial charge is 0.0717 e. The molecule has 0 aliphatic heterocycles. The molecule has 1 rings (SSSR count). The number of alkyl halides is 1. The van der Waals surface area contributed by atoms with Crippen molar-refractivity contribution < 1.29 is 4.74 Å². The first-order chi connectivity index (χ1) is 6.33. The molecule has 1 unspecified atom stereocenters. The molecule has 0 aliphatic rings. The lowest BCUT2D eigenvalue weighted by Crippen LogP contribution is -2.06. The van der Waals surface area contributed by atoms with E-state index >= 15 is 0 Å². The van der Waals surface area contributed by atoms with Crippen molar-refractivity contribution in [3.8, 4) is 0 Å². The molecule has 0 amide bonds. The van der Waals surface area contributed by atoms with E-state index in [2.05, 4.69) is 35.0 Å². The Balaban J connectivity index is 2.20. The Morgan fingerprint density at radius 1 is 1.31 bits per heavy atom. The molecule has 0 fully saturated rings. The Bertz CT molecular complexity index is 223. The van der Waals surface area contributed by atoms with Crippen molar-refractivity contribution in [2.45, 2.75) is 13.5 Å². The molecular weight excluding hydrogens is 228 g/mol. The highest BCUT2D eigenvalue weighted by molar-refractivity contribution is 9.09. The molecule has 0 bridgehead atoms. The quantitative estimate of drug-likeness (QED) is 0.721. The molecule has 13 heavy (non-hydrogen) atoms. The Morgan fingerprint density at radius 2 is 2.00 bits per heavy atom. The normalized spacial score (nSPS) is 12.8. The van der Waals surface area contributed by atoms with E-state index in [1.165, 1.54) is 5.56 Å². The first kappa shape index (κ1) is 10.7. The van der Waals surface area contributed by atoms with Gasteiger partial charge in [-0.2, -0.15) is 0 Å². The Morgan fingerprint density at radius 3 is 2.62 bits per heavy atom. The van der Waals surface area contributed by atoms with Crippen LogP contribution in [0.3, 0.4) is 0 Å². The molecular formula is C11H15BrO. The van der Waals surface area contributed by atoms with E-state index in [1.54, 1.807) is 0 Å². The molecule has 1 atom stereocenters. The molecule has 1 aromatic rings. The Hall–Kier alpha value is -0.340. The van der Waals surface area contributed by atoms with Crippen LogP contribution in [0.5, 0.6) is 0 Å². The van der Waals surface area contributed by atoms with Crippen LogP contribution in [0.25, 0.3) is 0 Å². The summed E-state index contributed by atoms with van der Waals surface area (Å²) in [6, 6.07) is 10.3. The van der Waals surface area contributed by atoms with Crippen LogP contribution in [-0.4, -0.2) is 11.9 Å². The van der Waals surface area contributed by atoms with Crippen molar-refractivity contribution in [1.29, 1.82) is 0 Å². The summed E-state index contributed by atoms with van der Waals surface area (Å²) in [6.07, 6.45) is 0. The first-order valence-corrected chi connectivity index (χ1v) is 5.62. The second-order valence-corrected chi connectivity index (χ2v) is 3.91. The maximum atomic E-state index is 5.54. The van der Waals surface area contributed by atoms with Gasteiger partial charge in [0.1, 0.15) is 0 Å². The summed E-state index contributed by atoms with van der Waals surface area (Å²) in [6.45, 7) is 3.71. The van der Waals surface area contributed by atoms with E-state index in [-0.39, 0.29) is 0 Å². The van der Waals surface area contributed by atoms with Crippen LogP contribution in [0.2, 0.25) is 0 Å². The lowest BCUT2D eigenvalue weighted by molar-refractivity contribution is 0.0985. The average molecular weight is 243 g/mol. The lowest BCUT2D eigenvalue weighted by Gasteiger charge is -2.08. The third-order valence-electron chi connectivity index (χ3n) is 1.78. The molecule has 0 radical (unpaired) electrons. The topological polar surface area (TPSA) is 9.23 Å². The molecule has 72 valence electrons. The predicted octanol–water partition coefficient (Wildman–Crippen LogP) is 3.23. The zero-order valence-electron chi connectivity index (χ0n) is 7.87. The molecule has 0 saturated carbocycles. The van der Waals surface area contributed by atoms with Crippen LogP contribution in [0.15, 0.2) is 30.3 Å². The summed E-state index contributed by atoms with van der Waals surface area (Å²) in [5.74, 6) is 0.587. The minimum atomic E-state index is 0.587. The van der Waals surface area contributed by atoms with Gasteiger partial charge >= 0.3 is 0 Å². The fourth-order valence-electron chi connectivity index (χ4n) is 0.997.